The minimum atomic E-state index is -0.848. The van der Waals surface area contributed by atoms with Crippen molar-refractivity contribution in [2.24, 2.45) is 17.1 Å². The third-order valence-corrected chi connectivity index (χ3v) is 3.56. The molecule has 2 bridgehead atoms. The Labute approximate surface area is 97.1 Å². The van der Waals surface area contributed by atoms with Crippen LogP contribution in [0, 0.1) is 11.3 Å². The third-order valence-electron chi connectivity index (χ3n) is 3.56. The van der Waals surface area contributed by atoms with Gasteiger partial charge in [0.1, 0.15) is 5.54 Å². The van der Waals surface area contributed by atoms with Gasteiger partial charge in [0.2, 0.25) is 0 Å². The third kappa shape index (κ3) is 2.45. The molecule has 3 fully saturated rings. The van der Waals surface area contributed by atoms with E-state index in [0.29, 0.717) is 12.0 Å². The Bertz CT molecular complexity index is 243. The summed E-state index contributed by atoms with van der Waals surface area (Å²) in [6.07, 6.45) is 5.11. The van der Waals surface area contributed by atoms with Crippen LogP contribution < -0.4 is 5.73 Å². The van der Waals surface area contributed by atoms with Crippen LogP contribution in [0.2, 0.25) is 0 Å². The number of carbonyl (C=O) groups excluding carboxylic acids is 1. The number of hydrogen-bond donors (Lipinski definition) is 1. The SMILES string of the molecule is CC(C)(N)C(=O)OCCC12CC(C1)C2.Cl. The van der Waals surface area contributed by atoms with E-state index in [1.807, 2.05) is 0 Å². The molecule has 0 aromatic carbocycles. The van der Waals surface area contributed by atoms with Gasteiger partial charge in [-0.05, 0) is 50.9 Å². The first-order valence-electron chi connectivity index (χ1n) is 5.37. The highest BCUT2D eigenvalue weighted by atomic mass is 35.5. The lowest BCUT2D eigenvalue weighted by Gasteiger charge is -2.62. The second-order valence-corrected chi connectivity index (χ2v) is 5.59. The Morgan fingerprint density at radius 1 is 1.47 bits per heavy atom. The van der Waals surface area contributed by atoms with E-state index in [0.717, 1.165) is 12.3 Å². The summed E-state index contributed by atoms with van der Waals surface area (Å²) in [5.74, 6) is 0.709. The molecule has 0 spiro atoms. The first-order valence-corrected chi connectivity index (χ1v) is 5.37. The van der Waals surface area contributed by atoms with Crippen molar-refractivity contribution >= 4 is 18.4 Å². The minimum absolute atomic E-state index is 0. The Balaban J connectivity index is 0.00000112. The first-order chi connectivity index (χ1) is 6.41. The lowest BCUT2D eigenvalue weighted by Crippen LogP contribution is -2.52. The maximum absolute atomic E-state index is 11.3. The zero-order chi connectivity index (χ0) is 10.4. The highest BCUT2D eigenvalue weighted by Crippen LogP contribution is 2.66. The fraction of sp³-hybridized carbons (Fsp3) is 0.909. The number of carbonyl (C=O) groups is 1. The van der Waals surface area contributed by atoms with Crippen LogP contribution in [0.15, 0.2) is 0 Å². The Hall–Kier alpha value is -0.280. The van der Waals surface area contributed by atoms with Gasteiger partial charge in [-0.15, -0.1) is 12.4 Å². The molecule has 0 amide bonds. The van der Waals surface area contributed by atoms with E-state index in [1.165, 1.54) is 19.3 Å². The molecule has 4 heteroatoms. The summed E-state index contributed by atoms with van der Waals surface area (Å²) in [5, 5.41) is 0. The van der Waals surface area contributed by atoms with Gasteiger partial charge in [-0.1, -0.05) is 0 Å². The molecule has 15 heavy (non-hydrogen) atoms. The van der Waals surface area contributed by atoms with Crippen molar-refractivity contribution < 1.29 is 9.53 Å². The Kier molecular flexibility index (Phi) is 3.36. The number of esters is 1. The van der Waals surface area contributed by atoms with Gasteiger partial charge in [0.05, 0.1) is 6.61 Å². The van der Waals surface area contributed by atoms with Crippen LogP contribution in [-0.2, 0) is 9.53 Å². The molecule has 2 N–H and O–H groups in total. The molecule has 0 aliphatic heterocycles. The largest absolute Gasteiger partial charge is 0.464 e. The predicted octanol–water partition coefficient (Wildman–Crippen LogP) is 1.88. The zero-order valence-corrected chi connectivity index (χ0v) is 10.2. The summed E-state index contributed by atoms with van der Waals surface area (Å²) in [4.78, 5) is 11.3. The molecule has 0 heterocycles. The molecule has 0 radical (unpaired) electrons. The van der Waals surface area contributed by atoms with E-state index in [2.05, 4.69) is 0 Å². The number of hydrogen-bond acceptors (Lipinski definition) is 3. The lowest BCUT2D eigenvalue weighted by atomic mass is 9.43. The average molecular weight is 234 g/mol. The van der Waals surface area contributed by atoms with Crippen LogP contribution in [0.5, 0.6) is 0 Å². The van der Waals surface area contributed by atoms with E-state index in [4.69, 9.17) is 10.5 Å². The summed E-state index contributed by atoms with van der Waals surface area (Å²) in [6, 6.07) is 0. The average Bonchev–Trinajstić information content (AvgIpc) is 1.89. The second-order valence-electron chi connectivity index (χ2n) is 5.59. The number of nitrogens with two attached hydrogens (primary N) is 1. The van der Waals surface area contributed by atoms with Crippen LogP contribution >= 0.6 is 12.4 Å². The van der Waals surface area contributed by atoms with Crippen LogP contribution in [0.3, 0.4) is 0 Å². The first kappa shape index (κ1) is 12.8. The summed E-state index contributed by atoms with van der Waals surface area (Å²) in [7, 11) is 0. The van der Waals surface area contributed by atoms with Crippen molar-refractivity contribution in [3.05, 3.63) is 0 Å². The van der Waals surface area contributed by atoms with Crippen LogP contribution in [0.1, 0.15) is 39.5 Å². The standard InChI is InChI=1S/C11H19NO2.ClH/c1-10(2,12)9(13)14-4-3-11-5-8(6-11)7-11;/h8H,3-7,12H2,1-2H3;1H. The fourth-order valence-electron chi connectivity index (χ4n) is 2.51. The van der Waals surface area contributed by atoms with Gasteiger partial charge >= 0.3 is 5.97 Å². The van der Waals surface area contributed by atoms with Crippen LogP contribution in [-0.4, -0.2) is 18.1 Å². The highest BCUT2D eigenvalue weighted by Gasteiger charge is 2.55. The van der Waals surface area contributed by atoms with Crippen molar-refractivity contribution in [2.75, 3.05) is 6.61 Å². The highest BCUT2D eigenvalue weighted by molar-refractivity contribution is 5.85. The molecule has 3 saturated carbocycles. The Morgan fingerprint density at radius 3 is 2.33 bits per heavy atom. The minimum Gasteiger partial charge on any atom is -0.464 e. The summed E-state index contributed by atoms with van der Waals surface area (Å²) >= 11 is 0. The molecule has 0 atom stereocenters. The fourth-order valence-corrected chi connectivity index (χ4v) is 2.51. The molecule has 3 rings (SSSR count). The van der Waals surface area contributed by atoms with E-state index < -0.39 is 5.54 Å². The quantitative estimate of drug-likeness (QED) is 0.755. The van der Waals surface area contributed by atoms with Gasteiger partial charge in [0.25, 0.3) is 0 Å². The zero-order valence-electron chi connectivity index (χ0n) is 9.41. The van der Waals surface area contributed by atoms with Crippen molar-refractivity contribution in [2.45, 2.75) is 45.1 Å². The van der Waals surface area contributed by atoms with Gasteiger partial charge in [0.15, 0.2) is 0 Å². The molecule has 0 unspecified atom stereocenters. The molecule has 0 aromatic rings. The number of rotatable bonds is 4. The number of halogens is 1. The Morgan fingerprint density at radius 2 is 2.00 bits per heavy atom. The second kappa shape index (κ2) is 3.95. The molecule has 3 nitrogen and oxygen atoms in total. The maximum atomic E-state index is 11.3. The normalized spacial score (nSPS) is 32.1. The molecule has 3 aliphatic carbocycles. The molecule has 0 aromatic heterocycles. The van der Waals surface area contributed by atoms with Crippen molar-refractivity contribution in [3.8, 4) is 0 Å². The maximum Gasteiger partial charge on any atom is 0.325 e. The topological polar surface area (TPSA) is 52.3 Å². The van der Waals surface area contributed by atoms with Gasteiger partial charge in [-0.3, -0.25) is 4.79 Å². The summed E-state index contributed by atoms with van der Waals surface area (Å²) in [6.45, 7) is 3.90. The smallest absolute Gasteiger partial charge is 0.325 e. The molecule has 88 valence electrons. The summed E-state index contributed by atoms with van der Waals surface area (Å²) in [5.41, 5.74) is 5.32. The van der Waals surface area contributed by atoms with Crippen molar-refractivity contribution in [1.29, 1.82) is 0 Å². The predicted molar refractivity (Wildman–Crippen MR) is 60.9 cm³/mol. The van der Waals surface area contributed by atoms with Crippen LogP contribution in [0.25, 0.3) is 0 Å². The lowest BCUT2D eigenvalue weighted by molar-refractivity contribution is -0.156. The molecular weight excluding hydrogens is 214 g/mol. The van der Waals surface area contributed by atoms with E-state index in [1.54, 1.807) is 13.8 Å². The molecule has 3 aliphatic rings. The molecular formula is C11H20ClNO2. The molecule has 0 saturated heterocycles. The monoisotopic (exact) mass is 233 g/mol. The summed E-state index contributed by atoms with van der Waals surface area (Å²) < 4.78 is 5.14. The van der Waals surface area contributed by atoms with Gasteiger partial charge in [0, 0.05) is 0 Å². The van der Waals surface area contributed by atoms with Gasteiger partial charge in [-0.2, -0.15) is 0 Å². The van der Waals surface area contributed by atoms with E-state index >= 15 is 0 Å². The van der Waals surface area contributed by atoms with Crippen molar-refractivity contribution in [1.82, 2.24) is 0 Å². The number of ether oxygens (including phenoxy) is 1. The van der Waals surface area contributed by atoms with Gasteiger partial charge < -0.3 is 10.5 Å². The van der Waals surface area contributed by atoms with Gasteiger partial charge in [-0.25, -0.2) is 0 Å². The van der Waals surface area contributed by atoms with E-state index in [-0.39, 0.29) is 18.4 Å². The van der Waals surface area contributed by atoms with Crippen LogP contribution in [0.4, 0.5) is 0 Å². The van der Waals surface area contributed by atoms with Crippen molar-refractivity contribution in [3.63, 3.8) is 0 Å². The van der Waals surface area contributed by atoms with E-state index in [9.17, 15) is 4.79 Å².